The minimum absolute atomic E-state index is 0.0957. The minimum Gasteiger partial charge on any atom is -0.383 e. The van der Waals surface area contributed by atoms with Crippen LogP contribution in [-0.4, -0.2) is 57.7 Å². The molecule has 1 aromatic carbocycles. The van der Waals surface area contributed by atoms with Crippen LogP contribution in [0.5, 0.6) is 0 Å². The highest BCUT2D eigenvalue weighted by Crippen LogP contribution is 2.23. The summed E-state index contributed by atoms with van der Waals surface area (Å²) in [4.78, 5) is 12.0. The Balaban J connectivity index is 1.83. The van der Waals surface area contributed by atoms with Crippen molar-refractivity contribution >= 4 is 15.9 Å². The van der Waals surface area contributed by atoms with Gasteiger partial charge in [0.25, 0.3) is 5.91 Å². The minimum atomic E-state index is -3.06. The lowest BCUT2D eigenvalue weighted by Crippen LogP contribution is -2.39. The first-order chi connectivity index (χ1) is 12.0. The first-order valence-electron chi connectivity index (χ1n) is 8.80. The predicted octanol–water partition coefficient (Wildman–Crippen LogP) is 1.67. The van der Waals surface area contributed by atoms with Crippen LogP contribution in [0.1, 0.15) is 35.7 Å². The molecule has 1 N–H and O–H groups in total. The van der Waals surface area contributed by atoms with E-state index in [2.05, 4.69) is 5.32 Å². The molecule has 1 amide bonds. The first kappa shape index (κ1) is 19.9. The fourth-order valence-corrected chi connectivity index (χ4v) is 4.20. The number of carbonyl (C=O) groups is 1. The third-order valence-corrected chi connectivity index (χ3v) is 6.55. The molecule has 0 saturated carbocycles. The Morgan fingerprint density at radius 3 is 2.44 bits per heavy atom. The van der Waals surface area contributed by atoms with Crippen molar-refractivity contribution in [2.24, 2.45) is 5.92 Å². The third-order valence-electron chi connectivity index (χ3n) is 4.66. The number of methoxy groups -OCH3 is 1. The zero-order chi connectivity index (χ0) is 18.3. The monoisotopic (exact) mass is 368 g/mol. The largest absolute Gasteiger partial charge is 0.383 e. The zero-order valence-electron chi connectivity index (χ0n) is 15.0. The highest BCUT2D eigenvalue weighted by Gasteiger charge is 2.26. The maximum Gasteiger partial charge on any atom is 0.251 e. The van der Waals surface area contributed by atoms with Gasteiger partial charge in [-0.1, -0.05) is 12.1 Å². The van der Waals surface area contributed by atoms with Crippen LogP contribution in [0.2, 0.25) is 0 Å². The number of benzene rings is 1. The van der Waals surface area contributed by atoms with Gasteiger partial charge in [0.2, 0.25) is 10.0 Å². The van der Waals surface area contributed by atoms with Gasteiger partial charge in [0.05, 0.1) is 12.4 Å². The van der Waals surface area contributed by atoms with Crippen LogP contribution in [0, 0.1) is 5.92 Å². The number of carbonyl (C=O) groups excluding carboxylic acids is 1. The van der Waals surface area contributed by atoms with E-state index in [4.69, 9.17) is 4.74 Å². The van der Waals surface area contributed by atoms with E-state index in [-0.39, 0.29) is 11.7 Å². The van der Waals surface area contributed by atoms with E-state index in [1.807, 2.05) is 24.3 Å². The maximum atomic E-state index is 12.0. The molecule has 1 aromatic rings. The molecule has 0 radical (unpaired) electrons. The lowest BCUT2D eigenvalue weighted by Gasteiger charge is -2.31. The fraction of sp³-hybridized carbons (Fsp3) is 0.611. The molecule has 0 aliphatic carbocycles. The number of sulfonamides is 1. The smallest absolute Gasteiger partial charge is 0.251 e. The van der Waals surface area contributed by atoms with E-state index in [1.54, 1.807) is 18.3 Å². The van der Waals surface area contributed by atoms with E-state index in [0.29, 0.717) is 37.7 Å². The molecule has 140 valence electrons. The van der Waals surface area contributed by atoms with Crippen LogP contribution >= 0.6 is 0 Å². The molecular formula is C18H28N2O4S. The highest BCUT2D eigenvalue weighted by atomic mass is 32.2. The molecule has 2 rings (SSSR count). The number of piperidine rings is 1. The second-order valence-corrected chi connectivity index (χ2v) is 8.65. The summed E-state index contributed by atoms with van der Waals surface area (Å²) in [6, 6.07) is 7.66. The van der Waals surface area contributed by atoms with Gasteiger partial charge in [0.1, 0.15) is 0 Å². The number of nitrogens with zero attached hydrogens (tertiary/aromatic N) is 1. The van der Waals surface area contributed by atoms with Crippen molar-refractivity contribution in [1.82, 2.24) is 9.62 Å². The Labute approximate surface area is 150 Å². The van der Waals surface area contributed by atoms with Crippen molar-refractivity contribution in [2.45, 2.75) is 26.2 Å². The van der Waals surface area contributed by atoms with Gasteiger partial charge in [-0.3, -0.25) is 4.79 Å². The van der Waals surface area contributed by atoms with Crippen molar-refractivity contribution < 1.29 is 17.9 Å². The van der Waals surface area contributed by atoms with Crippen LogP contribution in [0.3, 0.4) is 0 Å². The Morgan fingerprint density at radius 1 is 1.24 bits per heavy atom. The average molecular weight is 368 g/mol. The predicted molar refractivity (Wildman–Crippen MR) is 98.1 cm³/mol. The van der Waals surface area contributed by atoms with E-state index >= 15 is 0 Å². The molecule has 25 heavy (non-hydrogen) atoms. The number of nitrogens with one attached hydrogen (secondary N) is 1. The molecule has 0 aromatic heterocycles. The number of hydrogen-bond acceptors (Lipinski definition) is 4. The van der Waals surface area contributed by atoms with E-state index in [0.717, 1.165) is 19.3 Å². The zero-order valence-corrected chi connectivity index (χ0v) is 15.8. The van der Waals surface area contributed by atoms with Crippen LogP contribution < -0.4 is 5.32 Å². The lowest BCUT2D eigenvalue weighted by molar-refractivity contribution is 0.0937. The molecule has 1 fully saturated rings. The first-order valence-corrected chi connectivity index (χ1v) is 10.4. The molecular weight excluding hydrogens is 340 g/mol. The number of rotatable bonds is 8. The van der Waals surface area contributed by atoms with Crippen LogP contribution in [0.4, 0.5) is 0 Å². The molecule has 0 bridgehead atoms. The Bertz CT molecular complexity index is 650. The van der Waals surface area contributed by atoms with Crippen LogP contribution in [-0.2, 0) is 21.2 Å². The second-order valence-electron chi connectivity index (χ2n) is 6.39. The molecule has 0 spiro atoms. The van der Waals surface area contributed by atoms with Gasteiger partial charge < -0.3 is 10.1 Å². The lowest BCUT2D eigenvalue weighted by atomic mass is 9.91. The maximum absolute atomic E-state index is 12.0. The summed E-state index contributed by atoms with van der Waals surface area (Å²) >= 11 is 0. The van der Waals surface area contributed by atoms with Crippen molar-refractivity contribution in [3.8, 4) is 0 Å². The Morgan fingerprint density at radius 2 is 1.88 bits per heavy atom. The van der Waals surface area contributed by atoms with E-state index < -0.39 is 10.0 Å². The van der Waals surface area contributed by atoms with Crippen LogP contribution in [0.25, 0.3) is 0 Å². The molecule has 7 heteroatoms. The van der Waals surface area contributed by atoms with E-state index in [1.165, 1.54) is 5.56 Å². The SMILES string of the molecule is CCS(=O)(=O)N1CCC(Cc2ccc(C(=O)NCCOC)cc2)CC1. The van der Waals surface area contributed by atoms with Gasteiger partial charge in [-0.25, -0.2) is 12.7 Å². The number of hydrogen-bond donors (Lipinski definition) is 1. The van der Waals surface area contributed by atoms with Gasteiger partial charge in [-0.2, -0.15) is 0 Å². The summed E-state index contributed by atoms with van der Waals surface area (Å²) in [5, 5.41) is 2.80. The normalized spacial score (nSPS) is 16.7. The van der Waals surface area contributed by atoms with Crippen molar-refractivity contribution in [2.75, 3.05) is 39.1 Å². The quantitative estimate of drug-likeness (QED) is 0.708. The summed E-state index contributed by atoms with van der Waals surface area (Å²) in [7, 11) is -1.46. The summed E-state index contributed by atoms with van der Waals surface area (Å²) in [6.07, 6.45) is 2.70. The standard InChI is InChI=1S/C18H28N2O4S/c1-3-25(22,23)20-11-8-16(9-12-20)14-15-4-6-17(7-5-15)18(21)19-10-13-24-2/h4-7,16H,3,8-14H2,1-2H3,(H,19,21). The number of ether oxygens (including phenoxy) is 1. The molecule has 0 unspecified atom stereocenters. The molecule has 1 aliphatic rings. The fourth-order valence-electron chi connectivity index (χ4n) is 3.07. The summed E-state index contributed by atoms with van der Waals surface area (Å²) in [6.45, 7) is 3.91. The van der Waals surface area contributed by atoms with Crippen molar-refractivity contribution in [1.29, 1.82) is 0 Å². The molecule has 1 saturated heterocycles. The summed E-state index contributed by atoms with van der Waals surface area (Å²) in [5.74, 6) is 0.567. The topological polar surface area (TPSA) is 75.7 Å². The van der Waals surface area contributed by atoms with E-state index in [9.17, 15) is 13.2 Å². The molecule has 1 aliphatic heterocycles. The molecule has 0 atom stereocenters. The van der Waals surface area contributed by atoms with Gasteiger partial charge in [-0.05, 0) is 49.8 Å². The summed E-state index contributed by atoms with van der Waals surface area (Å²) < 4.78 is 30.3. The van der Waals surface area contributed by atoms with Crippen molar-refractivity contribution in [3.63, 3.8) is 0 Å². The highest BCUT2D eigenvalue weighted by molar-refractivity contribution is 7.89. The van der Waals surface area contributed by atoms with Gasteiger partial charge >= 0.3 is 0 Å². The Kier molecular flexibility index (Phi) is 7.40. The van der Waals surface area contributed by atoms with Gasteiger partial charge in [0.15, 0.2) is 0 Å². The number of amides is 1. The van der Waals surface area contributed by atoms with Gasteiger partial charge in [-0.15, -0.1) is 0 Å². The summed E-state index contributed by atoms with van der Waals surface area (Å²) in [5.41, 5.74) is 1.83. The van der Waals surface area contributed by atoms with Crippen LogP contribution in [0.15, 0.2) is 24.3 Å². The molecule has 6 nitrogen and oxygen atoms in total. The second kappa shape index (κ2) is 9.31. The average Bonchev–Trinajstić information content (AvgIpc) is 2.63. The molecule has 1 heterocycles. The van der Waals surface area contributed by atoms with Crippen molar-refractivity contribution in [3.05, 3.63) is 35.4 Å². The third kappa shape index (κ3) is 5.80. The van der Waals surface area contributed by atoms with Gasteiger partial charge in [0, 0.05) is 32.3 Å². The Hall–Kier alpha value is -1.44.